The third-order valence-corrected chi connectivity index (χ3v) is 3.62. The summed E-state index contributed by atoms with van der Waals surface area (Å²) in [6, 6.07) is 0. The van der Waals surface area contributed by atoms with Crippen molar-refractivity contribution in [2.75, 3.05) is 0 Å². The van der Waals surface area contributed by atoms with Crippen LogP contribution in [0.2, 0.25) is 0 Å². The van der Waals surface area contributed by atoms with Crippen LogP contribution in [-0.4, -0.2) is 0 Å². The highest BCUT2D eigenvalue weighted by Crippen LogP contribution is 2.49. The van der Waals surface area contributed by atoms with Crippen LogP contribution in [0.1, 0.15) is 32.1 Å². The van der Waals surface area contributed by atoms with Gasteiger partial charge in [0.15, 0.2) is 0 Å². The van der Waals surface area contributed by atoms with E-state index in [-0.39, 0.29) is 0 Å². The maximum atomic E-state index is 5.80. The fourth-order valence-corrected chi connectivity index (χ4v) is 3.07. The number of rotatable bonds is 0. The minimum absolute atomic E-state index is 0.555. The molecule has 2 heteroatoms. The number of halogens is 2. The van der Waals surface area contributed by atoms with Gasteiger partial charge in [-0.2, -0.15) is 0 Å². The standard InChI is InChI=1S/C9H12Cl2/c10-9(11)8-5-4-6-2-1-3-7(6)8/h6-7H,1-5H2/t6-,7+/m1/s1. The Hall–Kier alpha value is 0.320. The molecule has 0 aromatic carbocycles. The molecule has 2 rings (SSSR count). The van der Waals surface area contributed by atoms with E-state index < -0.39 is 0 Å². The van der Waals surface area contributed by atoms with Gasteiger partial charge in [-0.05, 0) is 43.1 Å². The van der Waals surface area contributed by atoms with Crippen molar-refractivity contribution in [1.82, 2.24) is 0 Å². The molecule has 0 N–H and O–H groups in total. The van der Waals surface area contributed by atoms with E-state index in [1.165, 1.54) is 31.3 Å². The van der Waals surface area contributed by atoms with Crippen LogP contribution in [0, 0.1) is 11.8 Å². The number of hydrogen-bond acceptors (Lipinski definition) is 0. The third-order valence-electron chi connectivity index (χ3n) is 3.13. The van der Waals surface area contributed by atoms with Gasteiger partial charge in [0.25, 0.3) is 0 Å². The van der Waals surface area contributed by atoms with Crippen LogP contribution in [0.5, 0.6) is 0 Å². The molecule has 0 spiro atoms. The molecule has 0 unspecified atom stereocenters. The van der Waals surface area contributed by atoms with E-state index in [0.29, 0.717) is 4.49 Å². The zero-order valence-corrected chi connectivity index (χ0v) is 7.96. The summed E-state index contributed by atoms with van der Waals surface area (Å²) in [5.41, 5.74) is 1.34. The maximum absolute atomic E-state index is 5.80. The minimum atomic E-state index is 0.555. The Labute approximate surface area is 77.6 Å². The first-order valence-corrected chi connectivity index (χ1v) is 5.08. The van der Waals surface area contributed by atoms with E-state index in [1.54, 1.807) is 0 Å². The summed E-state index contributed by atoms with van der Waals surface area (Å²) in [6.45, 7) is 0. The Bertz CT molecular complexity index is 192. The first-order valence-electron chi connectivity index (χ1n) is 4.33. The highest BCUT2D eigenvalue weighted by atomic mass is 35.5. The SMILES string of the molecule is ClC(Cl)=C1CC[C@H]2CCC[C@H]12. The number of hydrogen-bond donors (Lipinski definition) is 0. The van der Waals surface area contributed by atoms with Gasteiger partial charge in [-0.3, -0.25) is 0 Å². The summed E-state index contributed by atoms with van der Waals surface area (Å²) in [5.74, 6) is 1.66. The largest absolute Gasteiger partial charge is 0.106 e. The third kappa shape index (κ3) is 1.31. The van der Waals surface area contributed by atoms with Crippen molar-refractivity contribution >= 4 is 23.2 Å². The van der Waals surface area contributed by atoms with E-state index in [1.807, 2.05) is 0 Å². The first kappa shape index (κ1) is 7.94. The molecule has 0 heterocycles. The Morgan fingerprint density at radius 1 is 1.18 bits per heavy atom. The molecule has 0 aromatic rings. The lowest BCUT2D eigenvalue weighted by Crippen LogP contribution is -1.99. The molecular formula is C9H12Cl2. The monoisotopic (exact) mass is 190 g/mol. The van der Waals surface area contributed by atoms with Gasteiger partial charge in [-0.1, -0.05) is 29.6 Å². The van der Waals surface area contributed by atoms with Crippen molar-refractivity contribution in [3.05, 3.63) is 10.1 Å². The Morgan fingerprint density at radius 3 is 2.73 bits per heavy atom. The average molecular weight is 191 g/mol. The van der Waals surface area contributed by atoms with Gasteiger partial charge in [0.1, 0.15) is 4.49 Å². The Morgan fingerprint density at radius 2 is 2.00 bits per heavy atom. The number of fused-ring (bicyclic) bond motifs is 1. The normalized spacial score (nSPS) is 36.0. The quantitative estimate of drug-likeness (QED) is 0.544. The van der Waals surface area contributed by atoms with E-state index >= 15 is 0 Å². The lowest BCUT2D eigenvalue weighted by atomic mass is 9.98. The molecule has 0 bridgehead atoms. The van der Waals surface area contributed by atoms with Crippen molar-refractivity contribution in [2.24, 2.45) is 11.8 Å². The molecule has 11 heavy (non-hydrogen) atoms. The second-order valence-electron chi connectivity index (χ2n) is 3.62. The van der Waals surface area contributed by atoms with Crippen molar-refractivity contribution in [3.8, 4) is 0 Å². The maximum Gasteiger partial charge on any atom is 0.106 e. The van der Waals surface area contributed by atoms with Crippen LogP contribution in [-0.2, 0) is 0 Å². The van der Waals surface area contributed by atoms with E-state index in [2.05, 4.69) is 0 Å². The molecule has 2 saturated carbocycles. The summed E-state index contributed by atoms with van der Waals surface area (Å²) < 4.78 is 0.555. The van der Waals surface area contributed by atoms with Crippen LogP contribution in [0.15, 0.2) is 10.1 Å². The van der Waals surface area contributed by atoms with Gasteiger partial charge in [0, 0.05) is 0 Å². The first-order chi connectivity index (χ1) is 5.29. The molecule has 0 saturated heterocycles. The van der Waals surface area contributed by atoms with E-state index in [9.17, 15) is 0 Å². The molecule has 0 aromatic heterocycles. The predicted octanol–water partition coefficient (Wildman–Crippen LogP) is 3.89. The van der Waals surface area contributed by atoms with Crippen molar-refractivity contribution in [3.63, 3.8) is 0 Å². The van der Waals surface area contributed by atoms with Crippen LogP contribution in [0.25, 0.3) is 0 Å². The summed E-state index contributed by atoms with van der Waals surface area (Å²) in [7, 11) is 0. The molecule has 0 amide bonds. The van der Waals surface area contributed by atoms with E-state index in [4.69, 9.17) is 23.2 Å². The lowest BCUT2D eigenvalue weighted by molar-refractivity contribution is 0.491. The molecule has 2 aliphatic rings. The molecule has 0 aliphatic heterocycles. The van der Waals surface area contributed by atoms with Gasteiger partial charge in [-0.25, -0.2) is 0 Å². The fraction of sp³-hybridized carbons (Fsp3) is 0.778. The van der Waals surface area contributed by atoms with Gasteiger partial charge in [-0.15, -0.1) is 0 Å². The summed E-state index contributed by atoms with van der Waals surface area (Å²) in [6.07, 6.45) is 6.57. The Kier molecular flexibility index (Phi) is 2.16. The van der Waals surface area contributed by atoms with Crippen LogP contribution in [0.4, 0.5) is 0 Å². The second kappa shape index (κ2) is 2.99. The zero-order chi connectivity index (χ0) is 7.84. The highest BCUT2D eigenvalue weighted by Gasteiger charge is 2.36. The van der Waals surface area contributed by atoms with Gasteiger partial charge < -0.3 is 0 Å². The molecule has 62 valence electrons. The molecular weight excluding hydrogens is 179 g/mol. The summed E-state index contributed by atoms with van der Waals surface area (Å²) in [4.78, 5) is 0. The van der Waals surface area contributed by atoms with Crippen molar-refractivity contribution in [1.29, 1.82) is 0 Å². The molecule has 0 nitrogen and oxygen atoms in total. The van der Waals surface area contributed by atoms with Gasteiger partial charge >= 0.3 is 0 Å². The van der Waals surface area contributed by atoms with Crippen molar-refractivity contribution in [2.45, 2.75) is 32.1 Å². The van der Waals surface area contributed by atoms with E-state index in [0.717, 1.165) is 18.3 Å². The van der Waals surface area contributed by atoms with Crippen molar-refractivity contribution < 1.29 is 0 Å². The summed E-state index contributed by atoms with van der Waals surface area (Å²) in [5, 5.41) is 0. The fourth-order valence-electron chi connectivity index (χ4n) is 2.60. The highest BCUT2D eigenvalue weighted by molar-refractivity contribution is 6.56. The molecule has 0 radical (unpaired) electrons. The van der Waals surface area contributed by atoms with Gasteiger partial charge in [0.05, 0.1) is 0 Å². The Balaban J connectivity index is 2.21. The molecule has 2 atom stereocenters. The molecule has 2 fully saturated rings. The van der Waals surface area contributed by atoms with Gasteiger partial charge in [0.2, 0.25) is 0 Å². The average Bonchev–Trinajstić information content (AvgIpc) is 2.41. The van der Waals surface area contributed by atoms with Crippen LogP contribution >= 0.6 is 23.2 Å². The van der Waals surface area contributed by atoms with Crippen LogP contribution in [0.3, 0.4) is 0 Å². The minimum Gasteiger partial charge on any atom is -0.0709 e. The smallest absolute Gasteiger partial charge is 0.0709 e. The lowest BCUT2D eigenvalue weighted by Gasteiger charge is -2.09. The van der Waals surface area contributed by atoms with Crippen LogP contribution < -0.4 is 0 Å². The molecule has 2 aliphatic carbocycles. The predicted molar refractivity (Wildman–Crippen MR) is 48.8 cm³/mol. The number of allylic oxidation sites excluding steroid dienone is 1. The zero-order valence-electron chi connectivity index (χ0n) is 6.45. The second-order valence-corrected chi connectivity index (χ2v) is 4.57. The summed E-state index contributed by atoms with van der Waals surface area (Å²) >= 11 is 11.6. The topological polar surface area (TPSA) is 0 Å².